The standard InChI is InChI=1S/C14H16N4O4/c1-9-6-13(22-18-9)17-12(19)8-15-10-4-3-5-11(7-10)16-14(20)21-2/h3-7,15H,8H2,1-2H3,(H,16,20)(H,17,19). The number of aromatic nitrogens is 1. The lowest BCUT2D eigenvalue weighted by Gasteiger charge is -2.08. The van der Waals surface area contributed by atoms with Gasteiger partial charge in [0.25, 0.3) is 0 Å². The summed E-state index contributed by atoms with van der Waals surface area (Å²) in [6.45, 7) is 1.80. The molecule has 0 saturated carbocycles. The fourth-order valence-corrected chi connectivity index (χ4v) is 1.66. The topological polar surface area (TPSA) is 105 Å². The van der Waals surface area contributed by atoms with Crippen LogP contribution in [0.25, 0.3) is 0 Å². The van der Waals surface area contributed by atoms with Gasteiger partial charge in [0.15, 0.2) is 0 Å². The predicted octanol–water partition coefficient (Wildman–Crippen LogP) is 2.21. The first kappa shape index (κ1) is 15.4. The molecule has 0 atom stereocenters. The third-order valence-electron chi connectivity index (χ3n) is 2.64. The van der Waals surface area contributed by atoms with E-state index in [9.17, 15) is 9.59 Å². The molecule has 0 bridgehead atoms. The van der Waals surface area contributed by atoms with Crippen molar-refractivity contribution < 1.29 is 18.8 Å². The van der Waals surface area contributed by atoms with Crippen LogP contribution in [0.15, 0.2) is 34.9 Å². The Labute approximate surface area is 126 Å². The Balaban J connectivity index is 1.87. The van der Waals surface area contributed by atoms with Crippen molar-refractivity contribution in [3.05, 3.63) is 36.0 Å². The number of hydrogen-bond acceptors (Lipinski definition) is 6. The van der Waals surface area contributed by atoms with Crippen LogP contribution in [0.4, 0.5) is 22.1 Å². The molecule has 8 heteroatoms. The molecule has 8 nitrogen and oxygen atoms in total. The van der Waals surface area contributed by atoms with E-state index in [1.807, 2.05) is 0 Å². The van der Waals surface area contributed by atoms with Gasteiger partial charge in [0, 0.05) is 17.4 Å². The van der Waals surface area contributed by atoms with E-state index in [1.54, 1.807) is 37.3 Å². The van der Waals surface area contributed by atoms with E-state index in [2.05, 4.69) is 25.8 Å². The van der Waals surface area contributed by atoms with Gasteiger partial charge < -0.3 is 14.6 Å². The Hall–Kier alpha value is -3.03. The summed E-state index contributed by atoms with van der Waals surface area (Å²) < 4.78 is 9.40. The van der Waals surface area contributed by atoms with Crippen molar-refractivity contribution in [3.63, 3.8) is 0 Å². The first-order valence-corrected chi connectivity index (χ1v) is 6.49. The zero-order valence-electron chi connectivity index (χ0n) is 12.2. The molecule has 0 aliphatic heterocycles. The highest BCUT2D eigenvalue weighted by Gasteiger charge is 2.07. The molecule has 0 aliphatic carbocycles. The van der Waals surface area contributed by atoms with Crippen molar-refractivity contribution in [2.45, 2.75) is 6.92 Å². The molecule has 0 unspecified atom stereocenters. The van der Waals surface area contributed by atoms with Crippen LogP contribution in [-0.4, -0.2) is 30.8 Å². The van der Waals surface area contributed by atoms with Gasteiger partial charge in [-0.25, -0.2) is 4.79 Å². The predicted molar refractivity (Wildman–Crippen MR) is 80.8 cm³/mol. The number of hydrogen-bond donors (Lipinski definition) is 3. The zero-order chi connectivity index (χ0) is 15.9. The summed E-state index contributed by atoms with van der Waals surface area (Å²) in [6.07, 6.45) is -0.560. The SMILES string of the molecule is COC(=O)Nc1cccc(NCC(=O)Nc2cc(C)no2)c1. The van der Waals surface area contributed by atoms with Crippen molar-refractivity contribution in [2.75, 3.05) is 29.6 Å². The lowest BCUT2D eigenvalue weighted by Crippen LogP contribution is -2.21. The second-order valence-corrected chi connectivity index (χ2v) is 4.43. The number of carbonyl (C=O) groups is 2. The molecule has 1 aromatic heterocycles. The average Bonchev–Trinajstić information content (AvgIpc) is 2.90. The normalized spacial score (nSPS) is 9.91. The van der Waals surface area contributed by atoms with Gasteiger partial charge >= 0.3 is 6.09 Å². The van der Waals surface area contributed by atoms with Gasteiger partial charge in [-0.2, -0.15) is 0 Å². The lowest BCUT2D eigenvalue weighted by atomic mass is 10.2. The summed E-state index contributed by atoms with van der Waals surface area (Å²) in [6, 6.07) is 8.53. The Morgan fingerprint density at radius 3 is 2.68 bits per heavy atom. The quantitative estimate of drug-likeness (QED) is 0.782. The number of amides is 2. The molecule has 2 amide bonds. The maximum absolute atomic E-state index is 11.8. The van der Waals surface area contributed by atoms with E-state index < -0.39 is 6.09 Å². The van der Waals surface area contributed by atoms with E-state index >= 15 is 0 Å². The van der Waals surface area contributed by atoms with Gasteiger partial charge in [-0.15, -0.1) is 0 Å². The second kappa shape index (κ2) is 7.11. The third kappa shape index (κ3) is 4.51. The largest absolute Gasteiger partial charge is 0.453 e. The molecule has 22 heavy (non-hydrogen) atoms. The first-order chi connectivity index (χ1) is 10.6. The molecule has 3 N–H and O–H groups in total. The van der Waals surface area contributed by atoms with Gasteiger partial charge in [-0.05, 0) is 25.1 Å². The number of aryl methyl sites for hydroxylation is 1. The molecule has 0 fully saturated rings. The minimum absolute atomic E-state index is 0.0431. The summed E-state index contributed by atoms with van der Waals surface area (Å²) in [5.41, 5.74) is 1.92. The number of ether oxygens (including phenoxy) is 1. The number of nitrogens with zero attached hydrogens (tertiary/aromatic N) is 1. The van der Waals surface area contributed by atoms with Crippen molar-refractivity contribution >= 4 is 29.3 Å². The maximum Gasteiger partial charge on any atom is 0.411 e. The summed E-state index contributed by atoms with van der Waals surface area (Å²) in [4.78, 5) is 22.9. The molecule has 1 heterocycles. The second-order valence-electron chi connectivity index (χ2n) is 4.43. The number of carbonyl (C=O) groups excluding carboxylic acids is 2. The molecule has 0 radical (unpaired) electrons. The molecule has 2 rings (SSSR count). The lowest BCUT2D eigenvalue weighted by molar-refractivity contribution is -0.114. The smallest absolute Gasteiger partial charge is 0.411 e. The molecule has 0 spiro atoms. The average molecular weight is 304 g/mol. The highest BCUT2D eigenvalue weighted by atomic mass is 16.5. The van der Waals surface area contributed by atoms with Gasteiger partial charge in [-0.3, -0.25) is 15.4 Å². The van der Waals surface area contributed by atoms with Crippen LogP contribution >= 0.6 is 0 Å². The van der Waals surface area contributed by atoms with Gasteiger partial charge in [-0.1, -0.05) is 11.2 Å². The molecule has 0 saturated heterocycles. The summed E-state index contributed by atoms with van der Waals surface area (Å²) in [7, 11) is 1.28. The fourth-order valence-electron chi connectivity index (χ4n) is 1.66. The van der Waals surface area contributed by atoms with Crippen molar-refractivity contribution in [1.29, 1.82) is 0 Å². The van der Waals surface area contributed by atoms with E-state index in [1.165, 1.54) is 7.11 Å². The van der Waals surface area contributed by atoms with Crippen LogP contribution < -0.4 is 16.0 Å². The highest BCUT2D eigenvalue weighted by Crippen LogP contribution is 2.15. The van der Waals surface area contributed by atoms with E-state index in [4.69, 9.17) is 4.52 Å². The van der Waals surface area contributed by atoms with Crippen molar-refractivity contribution in [3.8, 4) is 0 Å². The first-order valence-electron chi connectivity index (χ1n) is 6.49. The summed E-state index contributed by atoms with van der Waals surface area (Å²) >= 11 is 0. The van der Waals surface area contributed by atoms with E-state index in [-0.39, 0.29) is 12.5 Å². The third-order valence-corrected chi connectivity index (χ3v) is 2.64. The fraction of sp³-hybridized carbons (Fsp3) is 0.214. The van der Waals surface area contributed by atoms with Crippen LogP contribution in [0.3, 0.4) is 0 Å². The zero-order valence-corrected chi connectivity index (χ0v) is 12.2. The Morgan fingerprint density at radius 2 is 2.00 bits per heavy atom. The van der Waals surface area contributed by atoms with E-state index in [0.29, 0.717) is 23.0 Å². The molecular formula is C14H16N4O4. The summed E-state index contributed by atoms with van der Waals surface area (Å²) in [5, 5.41) is 11.7. The molecule has 0 aliphatic rings. The summed E-state index contributed by atoms with van der Waals surface area (Å²) in [5.74, 6) is 0.0212. The number of anilines is 3. The number of rotatable bonds is 5. The maximum atomic E-state index is 11.8. The van der Waals surface area contributed by atoms with Crippen LogP contribution in [0, 0.1) is 6.92 Å². The molecule has 1 aromatic carbocycles. The Morgan fingerprint density at radius 1 is 1.23 bits per heavy atom. The van der Waals surface area contributed by atoms with Crippen LogP contribution in [0.1, 0.15) is 5.69 Å². The van der Waals surface area contributed by atoms with Crippen LogP contribution in [0.5, 0.6) is 0 Å². The van der Waals surface area contributed by atoms with Crippen LogP contribution in [-0.2, 0) is 9.53 Å². The number of benzene rings is 1. The molecule has 2 aromatic rings. The van der Waals surface area contributed by atoms with Crippen LogP contribution in [0.2, 0.25) is 0 Å². The minimum atomic E-state index is -0.560. The van der Waals surface area contributed by atoms with Crippen molar-refractivity contribution in [1.82, 2.24) is 5.16 Å². The number of methoxy groups -OCH3 is 1. The van der Waals surface area contributed by atoms with Gasteiger partial charge in [0.1, 0.15) is 0 Å². The van der Waals surface area contributed by atoms with E-state index in [0.717, 1.165) is 0 Å². The number of nitrogens with one attached hydrogen (secondary N) is 3. The van der Waals surface area contributed by atoms with Gasteiger partial charge in [0.2, 0.25) is 11.8 Å². The highest BCUT2D eigenvalue weighted by molar-refractivity contribution is 5.92. The monoisotopic (exact) mass is 304 g/mol. The Bertz CT molecular complexity index is 668. The molecular weight excluding hydrogens is 288 g/mol. The van der Waals surface area contributed by atoms with Crippen molar-refractivity contribution in [2.24, 2.45) is 0 Å². The molecule has 116 valence electrons. The Kier molecular flexibility index (Phi) is 4.97. The minimum Gasteiger partial charge on any atom is -0.453 e. The van der Waals surface area contributed by atoms with Gasteiger partial charge in [0.05, 0.1) is 19.3 Å².